The molecule has 522 valence electrons. The summed E-state index contributed by atoms with van der Waals surface area (Å²) in [6, 6.07) is 2.55. The average Bonchev–Trinajstić information content (AvgIpc) is 0.891. The van der Waals surface area contributed by atoms with Crippen molar-refractivity contribution in [3.05, 3.63) is 104 Å². The van der Waals surface area contributed by atoms with E-state index in [2.05, 4.69) is 56.7 Å². The van der Waals surface area contributed by atoms with Gasteiger partial charge in [-0.15, -0.1) is 0 Å². The number of benzene rings is 4. The molecule has 3 amide bonds. The van der Waals surface area contributed by atoms with Gasteiger partial charge >= 0.3 is 12.1 Å². The van der Waals surface area contributed by atoms with E-state index >= 15 is 0 Å². The summed E-state index contributed by atoms with van der Waals surface area (Å²) in [5.41, 5.74) is 15.6. The van der Waals surface area contributed by atoms with Crippen LogP contribution in [0.4, 0.5) is 13.2 Å². The standard InChI is InChI=1S/C34H38F3N5O7.C32H39N5O6.4CH4/c1-7-8-47-29-16(3)30-31(49-14-48-30)25-19(29)11-21-26-24-18(9-15(2)28(46-6)27(24)43)10-20(41(26)5)22(12-38)42(21)23(25)13-39-32(44)17(4)40-33(45)34(35,36)37;1-7-8-41-29-16(3)30-31(43-14-42-30)25-19(29)11-21-26-24-18(9-15(2)28(40-6)27(24)38)10-20(36(26)5)22(12-33)37(21)23(25)13-35-32(39)17(4)34;;;;/h7,9,17,20-23,26,43H,1,8,10-11,13-14H2,2-6H3,(H,39,44)(H,40,45);7,9,17,20-23,26,38H,1,8,10-11,13-14,34H2,2-6H3,(H,35,39);4*1H4/t2*17-,20-,21?,22-,23-,26-;;;;/m00..../s1. The number of carbonyl (C=O) groups is 3. The molecule has 96 heavy (non-hydrogen) atoms. The highest BCUT2D eigenvalue weighted by Gasteiger charge is 2.59. The molecule has 0 aromatic heterocycles. The minimum atomic E-state index is -5.16. The lowest BCUT2D eigenvalue weighted by atomic mass is 9.71. The lowest BCUT2D eigenvalue weighted by molar-refractivity contribution is -0.174. The molecule has 0 saturated carbocycles. The van der Waals surface area contributed by atoms with Crippen LogP contribution >= 0.6 is 0 Å². The van der Waals surface area contributed by atoms with Gasteiger partial charge in [-0.05, 0) is 104 Å². The Hall–Kier alpha value is -8.66. The van der Waals surface area contributed by atoms with Gasteiger partial charge in [0, 0.05) is 81.8 Å². The van der Waals surface area contributed by atoms with Crippen LogP contribution in [0.15, 0.2) is 37.4 Å². The van der Waals surface area contributed by atoms with E-state index in [4.69, 9.17) is 43.6 Å². The molecule has 23 nitrogen and oxygen atoms in total. The summed E-state index contributed by atoms with van der Waals surface area (Å²) in [6.45, 7) is 18.5. The summed E-state index contributed by atoms with van der Waals surface area (Å²) < 4.78 is 86.6. The van der Waals surface area contributed by atoms with Crippen molar-refractivity contribution >= 4 is 17.7 Å². The number of phenols is 2. The highest BCUT2D eigenvalue weighted by molar-refractivity contribution is 5.89. The normalized spacial score (nSPS) is 24.1. The van der Waals surface area contributed by atoms with Crippen LogP contribution in [0.1, 0.15) is 134 Å². The van der Waals surface area contributed by atoms with Crippen LogP contribution in [0, 0.1) is 50.4 Å². The summed E-state index contributed by atoms with van der Waals surface area (Å²) in [4.78, 5) is 46.1. The highest BCUT2D eigenvalue weighted by Crippen LogP contribution is 2.61. The van der Waals surface area contributed by atoms with Gasteiger partial charge in [-0.1, -0.05) is 67.1 Å². The molecule has 12 rings (SSSR count). The maximum atomic E-state index is 13.2. The molecule has 8 heterocycles. The topological polar surface area (TPSA) is 288 Å². The Morgan fingerprint density at radius 2 is 1.04 bits per heavy atom. The van der Waals surface area contributed by atoms with Gasteiger partial charge in [-0.2, -0.15) is 23.7 Å². The second-order valence-corrected chi connectivity index (χ2v) is 24.7. The van der Waals surface area contributed by atoms with Gasteiger partial charge < -0.3 is 69.8 Å². The Morgan fingerprint density at radius 1 is 0.656 bits per heavy atom. The first kappa shape index (κ1) is 74.7. The van der Waals surface area contributed by atoms with Crippen molar-refractivity contribution in [3.8, 4) is 69.6 Å². The largest absolute Gasteiger partial charge is 0.504 e. The van der Waals surface area contributed by atoms with Crippen molar-refractivity contribution in [2.75, 3.05) is 68.2 Å². The lowest BCUT2D eigenvalue weighted by Crippen LogP contribution is -2.69. The Bertz CT molecular complexity index is 3780. The molecule has 8 aliphatic heterocycles. The summed E-state index contributed by atoms with van der Waals surface area (Å²) in [5, 5.41) is 52.2. The zero-order valence-corrected chi connectivity index (χ0v) is 53.0. The van der Waals surface area contributed by atoms with E-state index in [1.54, 1.807) is 31.5 Å². The second kappa shape index (κ2) is 29.0. The molecule has 0 aliphatic carbocycles. The number of aryl methyl sites for hydroxylation is 2. The number of piperazine rings is 2. The number of amides is 3. The molecule has 4 aromatic rings. The van der Waals surface area contributed by atoms with Crippen LogP contribution in [0.5, 0.6) is 57.5 Å². The van der Waals surface area contributed by atoms with Crippen LogP contribution in [-0.2, 0) is 40.1 Å². The first-order valence-electron chi connectivity index (χ1n) is 30.5. The Balaban J connectivity index is 0.000000262. The van der Waals surface area contributed by atoms with E-state index in [1.807, 2.05) is 52.8 Å². The number of fused-ring (bicyclic) bond motifs is 18. The zero-order valence-electron chi connectivity index (χ0n) is 53.0. The number of ether oxygens (including phenoxy) is 8. The molecule has 26 heteroatoms. The number of halogens is 3. The minimum absolute atomic E-state index is 0. The fourth-order valence-electron chi connectivity index (χ4n) is 15.8. The van der Waals surface area contributed by atoms with Crippen LogP contribution < -0.4 is 59.6 Å². The van der Waals surface area contributed by atoms with Gasteiger partial charge in [0.15, 0.2) is 46.0 Å². The molecule has 2 saturated heterocycles. The number of nitrogens with one attached hydrogen (secondary N) is 3. The Morgan fingerprint density at radius 3 is 1.40 bits per heavy atom. The van der Waals surface area contributed by atoms with Crippen molar-refractivity contribution in [1.82, 2.24) is 35.6 Å². The van der Waals surface area contributed by atoms with E-state index in [9.17, 15) is 48.3 Å². The third kappa shape index (κ3) is 12.2. The summed E-state index contributed by atoms with van der Waals surface area (Å²) in [5.74, 6) is 0.859. The maximum Gasteiger partial charge on any atom is 0.471 e. The number of alkyl halides is 3. The Kier molecular flexibility index (Phi) is 22.5. The van der Waals surface area contributed by atoms with E-state index in [1.165, 1.54) is 7.11 Å². The van der Waals surface area contributed by atoms with E-state index in [0.29, 0.717) is 95.0 Å². The number of hydrogen-bond acceptors (Lipinski definition) is 20. The van der Waals surface area contributed by atoms with Crippen molar-refractivity contribution in [1.29, 1.82) is 10.5 Å². The quantitative estimate of drug-likeness (QED) is 0.0609. The predicted molar refractivity (Wildman–Crippen MR) is 354 cm³/mol. The van der Waals surface area contributed by atoms with Crippen LogP contribution in [0.25, 0.3) is 0 Å². The number of hydrogen-bond donors (Lipinski definition) is 6. The van der Waals surface area contributed by atoms with Gasteiger partial charge in [0.2, 0.25) is 25.4 Å². The molecule has 2 unspecified atom stereocenters. The van der Waals surface area contributed by atoms with Gasteiger partial charge in [-0.25, -0.2) is 0 Å². The fraction of sp³-hybridized carbons (Fsp3) is 0.529. The summed E-state index contributed by atoms with van der Waals surface area (Å²) in [6.07, 6.45) is 0.00152. The third-order valence-electron chi connectivity index (χ3n) is 19.6. The second-order valence-electron chi connectivity index (χ2n) is 24.7. The van der Waals surface area contributed by atoms with Gasteiger partial charge in [0.1, 0.15) is 42.8 Å². The van der Waals surface area contributed by atoms with E-state index < -0.39 is 66.3 Å². The molecule has 0 spiro atoms. The summed E-state index contributed by atoms with van der Waals surface area (Å²) >= 11 is 0. The first-order valence-corrected chi connectivity index (χ1v) is 30.5. The molecular formula is C70H93F3N10O13. The monoisotopic (exact) mass is 1340 g/mol. The fourth-order valence-corrected chi connectivity index (χ4v) is 15.8. The first-order chi connectivity index (χ1) is 43.9. The number of rotatable bonds is 15. The van der Waals surface area contributed by atoms with Crippen molar-refractivity contribution < 1.29 is 75.7 Å². The number of carbonyl (C=O) groups excluding carboxylic acids is 3. The zero-order chi connectivity index (χ0) is 66.3. The van der Waals surface area contributed by atoms with Gasteiger partial charge in [-0.3, -0.25) is 34.0 Å². The number of nitriles is 2. The molecule has 8 aliphatic rings. The lowest BCUT2D eigenvalue weighted by Gasteiger charge is -2.60. The van der Waals surface area contributed by atoms with Crippen LogP contribution in [-0.4, -0.2) is 170 Å². The highest BCUT2D eigenvalue weighted by atomic mass is 19.4. The molecule has 12 atom stereocenters. The maximum absolute atomic E-state index is 13.2. The van der Waals surface area contributed by atoms with Gasteiger partial charge in [0.25, 0.3) is 0 Å². The SMILES string of the molecule is C.C.C.C.C=CCOc1c(C)c2c(c3c1CC1[C@H]4c5c(cc(C)c(OC)c5O)C[C@@H]([C@H](C#N)N1[C@H]3CNC(=O)[C@H](C)N)N4C)OCO2.C=CCOc1c(C)c2c(c3c1CC1[C@H]4c5c(cc(C)c(OC)c5O)C[C@@H]([C@H](C#N)N1[C@H]3CNC(=O)[C@H](C)NC(=O)C(F)(F)F)N4C)OCO2. The van der Waals surface area contributed by atoms with Crippen molar-refractivity contribution in [2.45, 2.75) is 176 Å². The number of phenolic OH excluding ortho intramolecular Hbond substituents is 2. The number of methoxy groups -OCH3 is 2. The van der Waals surface area contributed by atoms with Crippen molar-refractivity contribution in [2.24, 2.45) is 5.73 Å². The Labute approximate surface area is 560 Å². The van der Waals surface area contributed by atoms with Gasteiger partial charge in [0.05, 0.1) is 56.6 Å². The number of likely N-dealkylation sites (N-methyl/N-ethyl adjacent to an activating group) is 2. The van der Waals surface area contributed by atoms with Crippen molar-refractivity contribution in [3.63, 3.8) is 0 Å². The minimum Gasteiger partial charge on any atom is -0.504 e. The molecular weight excluding hydrogens is 1250 g/mol. The molecule has 7 N–H and O–H groups in total. The molecule has 4 bridgehead atoms. The van der Waals surface area contributed by atoms with E-state index in [0.717, 1.165) is 57.0 Å². The molecule has 4 aromatic carbocycles. The number of aromatic hydroxyl groups is 2. The third-order valence-corrected chi connectivity index (χ3v) is 19.6. The van der Waals surface area contributed by atoms with Crippen LogP contribution in [0.2, 0.25) is 0 Å². The number of nitrogens with two attached hydrogens (primary N) is 1. The van der Waals surface area contributed by atoms with Crippen LogP contribution in [0.3, 0.4) is 0 Å². The van der Waals surface area contributed by atoms with E-state index in [-0.39, 0.29) is 105 Å². The smallest absolute Gasteiger partial charge is 0.471 e. The number of nitrogens with zero attached hydrogens (tertiary/aromatic N) is 6. The average molecular weight is 1340 g/mol. The molecule has 0 radical (unpaired) electrons. The summed E-state index contributed by atoms with van der Waals surface area (Å²) in [7, 11) is 6.99. The predicted octanol–water partition coefficient (Wildman–Crippen LogP) is 8.36. The molecule has 2 fully saturated rings.